The van der Waals surface area contributed by atoms with Crippen LogP contribution in [0.15, 0.2) is 34.6 Å². The van der Waals surface area contributed by atoms with Crippen LogP contribution in [0.5, 0.6) is 0 Å². The van der Waals surface area contributed by atoms with Crippen LogP contribution in [0.4, 0.5) is 4.79 Å². The second-order valence-electron chi connectivity index (χ2n) is 8.49. The first kappa shape index (κ1) is 28.2. The van der Waals surface area contributed by atoms with E-state index in [-0.39, 0.29) is 30.1 Å². The van der Waals surface area contributed by atoms with Crippen LogP contribution in [0.25, 0.3) is 0 Å². The Morgan fingerprint density at radius 3 is 2.41 bits per heavy atom. The molecule has 0 saturated carbocycles. The number of guanidine groups is 1. The number of ether oxygens (including phenoxy) is 1. The Kier molecular flexibility index (Phi) is 12.0. The number of amides is 1. The summed E-state index contributed by atoms with van der Waals surface area (Å²) in [6, 6.07) is 8.18. The number of carbonyl (C=O) groups is 1. The molecule has 0 radical (unpaired) electrons. The van der Waals surface area contributed by atoms with Gasteiger partial charge in [-0.25, -0.2) is 9.78 Å². The summed E-state index contributed by atoms with van der Waals surface area (Å²) in [5.41, 5.74) is 2.79. The Labute approximate surface area is 213 Å². The highest BCUT2D eigenvalue weighted by Gasteiger charge is 2.19. The van der Waals surface area contributed by atoms with Gasteiger partial charge < -0.3 is 20.3 Å². The zero-order chi connectivity index (χ0) is 22.9. The van der Waals surface area contributed by atoms with Gasteiger partial charge in [0.05, 0.1) is 5.01 Å². The van der Waals surface area contributed by atoms with Gasteiger partial charge in [0.25, 0.3) is 0 Å². The Balaban J connectivity index is 0.00000512. The van der Waals surface area contributed by atoms with Crippen LogP contribution in [0.1, 0.15) is 49.0 Å². The number of aliphatic imine (C=N–C) groups is 1. The molecule has 2 rings (SSSR count). The van der Waals surface area contributed by atoms with Crippen LogP contribution in [0, 0.1) is 6.92 Å². The van der Waals surface area contributed by atoms with E-state index in [1.165, 1.54) is 5.01 Å². The predicted molar refractivity (Wildman–Crippen MR) is 143 cm³/mol. The maximum atomic E-state index is 12.1. The standard InChI is InChI=1S/C23H35N5O2S.HI/c1-17-16-31-20(27-17)8-7-13-25-21(24-5)26-14-18-9-11-19(12-10-18)15-28(6)22(29)30-23(2,3)4;/h9-12,16H,7-8,13-15H2,1-6H3,(H2,24,25,26);1H. The molecule has 32 heavy (non-hydrogen) atoms. The first-order valence-electron chi connectivity index (χ1n) is 10.5. The topological polar surface area (TPSA) is 78.9 Å². The van der Waals surface area contributed by atoms with Crippen LogP contribution in [-0.4, -0.2) is 48.2 Å². The number of carbonyl (C=O) groups excluding carboxylic acids is 1. The molecular formula is C23H36IN5O2S. The van der Waals surface area contributed by atoms with Crippen molar-refractivity contribution in [3.05, 3.63) is 51.5 Å². The van der Waals surface area contributed by atoms with Gasteiger partial charge in [-0.2, -0.15) is 0 Å². The average molecular weight is 574 g/mol. The lowest BCUT2D eigenvalue weighted by molar-refractivity contribution is 0.0285. The maximum absolute atomic E-state index is 12.1. The Morgan fingerprint density at radius 1 is 1.19 bits per heavy atom. The van der Waals surface area contributed by atoms with Crippen molar-refractivity contribution in [2.75, 3.05) is 20.6 Å². The van der Waals surface area contributed by atoms with Crippen LogP contribution in [-0.2, 0) is 24.2 Å². The van der Waals surface area contributed by atoms with E-state index in [1.807, 2.05) is 39.8 Å². The molecule has 0 unspecified atom stereocenters. The summed E-state index contributed by atoms with van der Waals surface area (Å²) in [7, 11) is 3.52. The van der Waals surface area contributed by atoms with Crippen molar-refractivity contribution in [3.8, 4) is 0 Å². The van der Waals surface area contributed by atoms with Gasteiger partial charge in [0.15, 0.2) is 5.96 Å². The molecule has 7 nitrogen and oxygen atoms in total. The normalized spacial score (nSPS) is 11.5. The van der Waals surface area contributed by atoms with Crippen molar-refractivity contribution in [3.63, 3.8) is 0 Å². The minimum Gasteiger partial charge on any atom is -0.444 e. The molecule has 0 fully saturated rings. The van der Waals surface area contributed by atoms with Gasteiger partial charge in [-0.1, -0.05) is 24.3 Å². The molecule has 1 aromatic carbocycles. The summed E-state index contributed by atoms with van der Waals surface area (Å²) in [4.78, 5) is 22.5. The molecule has 0 bridgehead atoms. The lowest BCUT2D eigenvalue weighted by Crippen LogP contribution is -2.37. The number of aromatic nitrogens is 1. The number of thiazole rings is 1. The Bertz CT molecular complexity index is 862. The SMILES string of the molecule is CN=C(NCCCc1nc(C)cs1)NCc1ccc(CN(C)C(=O)OC(C)(C)C)cc1.I. The van der Waals surface area contributed by atoms with Crippen LogP contribution < -0.4 is 10.6 Å². The van der Waals surface area contributed by atoms with Gasteiger partial charge >= 0.3 is 6.09 Å². The van der Waals surface area contributed by atoms with Gasteiger partial charge in [0.1, 0.15) is 5.60 Å². The number of hydrogen-bond acceptors (Lipinski definition) is 5. The summed E-state index contributed by atoms with van der Waals surface area (Å²) in [6.07, 6.45) is 1.66. The summed E-state index contributed by atoms with van der Waals surface area (Å²) in [5.74, 6) is 0.782. The van der Waals surface area contributed by atoms with Crippen molar-refractivity contribution in [2.45, 2.75) is 59.2 Å². The molecule has 0 atom stereocenters. The van der Waals surface area contributed by atoms with Crippen molar-refractivity contribution in [1.82, 2.24) is 20.5 Å². The van der Waals surface area contributed by atoms with E-state index in [4.69, 9.17) is 4.74 Å². The van der Waals surface area contributed by atoms with E-state index in [9.17, 15) is 4.79 Å². The lowest BCUT2D eigenvalue weighted by Gasteiger charge is -2.24. The van der Waals surface area contributed by atoms with Crippen molar-refractivity contribution in [2.24, 2.45) is 4.99 Å². The zero-order valence-electron chi connectivity index (χ0n) is 19.9. The minimum atomic E-state index is -0.493. The van der Waals surface area contributed by atoms with E-state index >= 15 is 0 Å². The van der Waals surface area contributed by atoms with Crippen LogP contribution >= 0.6 is 35.3 Å². The fraction of sp³-hybridized carbons (Fsp3) is 0.522. The summed E-state index contributed by atoms with van der Waals surface area (Å²) >= 11 is 1.72. The molecule has 1 amide bonds. The van der Waals surface area contributed by atoms with Crippen molar-refractivity contribution < 1.29 is 9.53 Å². The largest absolute Gasteiger partial charge is 0.444 e. The number of hydrogen-bond donors (Lipinski definition) is 2. The molecule has 9 heteroatoms. The predicted octanol–water partition coefficient (Wildman–Crippen LogP) is 4.73. The highest BCUT2D eigenvalue weighted by atomic mass is 127. The maximum Gasteiger partial charge on any atom is 0.410 e. The number of aryl methyl sites for hydroxylation is 2. The summed E-state index contributed by atoms with van der Waals surface area (Å²) in [5, 5.41) is 9.94. The van der Waals surface area contributed by atoms with E-state index in [2.05, 4.69) is 38.1 Å². The second kappa shape index (κ2) is 13.6. The molecule has 1 aromatic heterocycles. The van der Waals surface area contributed by atoms with E-state index in [0.29, 0.717) is 13.1 Å². The molecule has 0 aliphatic rings. The van der Waals surface area contributed by atoms with Gasteiger partial charge in [0.2, 0.25) is 0 Å². The van der Waals surface area contributed by atoms with Crippen LogP contribution in [0.3, 0.4) is 0 Å². The molecule has 0 spiro atoms. The lowest BCUT2D eigenvalue weighted by atomic mass is 10.1. The first-order valence-corrected chi connectivity index (χ1v) is 11.4. The third-order valence-electron chi connectivity index (χ3n) is 4.36. The van der Waals surface area contributed by atoms with Crippen molar-refractivity contribution >= 4 is 47.4 Å². The Morgan fingerprint density at radius 2 is 1.84 bits per heavy atom. The number of nitrogens with one attached hydrogen (secondary N) is 2. The fourth-order valence-electron chi connectivity index (χ4n) is 2.81. The summed E-state index contributed by atoms with van der Waals surface area (Å²) in [6.45, 7) is 9.64. The number of nitrogens with zero attached hydrogens (tertiary/aromatic N) is 3. The van der Waals surface area contributed by atoms with Gasteiger partial charge in [0, 0.05) is 51.2 Å². The molecule has 1 heterocycles. The first-order chi connectivity index (χ1) is 14.7. The Hall–Kier alpha value is -1.88. The molecule has 2 aromatic rings. The van der Waals surface area contributed by atoms with Gasteiger partial charge in [-0.15, -0.1) is 35.3 Å². The van der Waals surface area contributed by atoms with E-state index < -0.39 is 5.60 Å². The number of halogens is 1. The number of benzene rings is 1. The third kappa shape index (κ3) is 10.6. The average Bonchev–Trinajstić information content (AvgIpc) is 3.12. The second-order valence-corrected chi connectivity index (χ2v) is 9.43. The smallest absolute Gasteiger partial charge is 0.410 e. The molecular weight excluding hydrogens is 537 g/mol. The van der Waals surface area contributed by atoms with Gasteiger partial charge in [-0.05, 0) is 45.2 Å². The van der Waals surface area contributed by atoms with E-state index in [1.54, 1.807) is 30.3 Å². The molecule has 0 aliphatic carbocycles. The minimum absolute atomic E-state index is 0. The molecule has 178 valence electrons. The van der Waals surface area contributed by atoms with Gasteiger partial charge in [-0.3, -0.25) is 4.99 Å². The van der Waals surface area contributed by atoms with Crippen LogP contribution in [0.2, 0.25) is 0 Å². The summed E-state index contributed by atoms with van der Waals surface area (Å²) < 4.78 is 5.39. The molecule has 0 aliphatic heterocycles. The van der Waals surface area contributed by atoms with Crippen molar-refractivity contribution in [1.29, 1.82) is 0 Å². The third-order valence-corrected chi connectivity index (χ3v) is 5.38. The fourth-order valence-corrected chi connectivity index (χ4v) is 3.63. The molecule has 0 saturated heterocycles. The highest BCUT2D eigenvalue weighted by molar-refractivity contribution is 14.0. The quantitative estimate of drug-likeness (QED) is 0.207. The van der Waals surface area contributed by atoms with E-state index in [0.717, 1.165) is 42.2 Å². The monoisotopic (exact) mass is 573 g/mol. The zero-order valence-corrected chi connectivity index (χ0v) is 23.0. The molecule has 2 N–H and O–H groups in total. The highest BCUT2D eigenvalue weighted by Crippen LogP contribution is 2.12. The number of rotatable bonds is 8.